The molecule has 0 saturated carbocycles. The zero-order valence-corrected chi connectivity index (χ0v) is 15.5. The quantitative estimate of drug-likeness (QED) is 0.530. The van der Waals surface area contributed by atoms with Crippen LogP contribution in [0.25, 0.3) is 0 Å². The summed E-state index contributed by atoms with van der Waals surface area (Å²) in [7, 11) is 1.39. The Bertz CT molecular complexity index is 787. The lowest BCUT2D eigenvalue weighted by molar-refractivity contribution is -0.385. The second-order valence-electron chi connectivity index (χ2n) is 6.22. The summed E-state index contributed by atoms with van der Waals surface area (Å²) < 4.78 is 10.8. The number of thiazole rings is 1. The topological polar surface area (TPSA) is 130 Å². The molecule has 1 aromatic heterocycles. The van der Waals surface area contributed by atoms with Crippen LogP contribution in [0.4, 0.5) is 5.69 Å². The van der Waals surface area contributed by atoms with E-state index < -0.39 is 16.4 Å². The van der Waals surface area contributed by atoms with Crippen LogP contribution in [-0.2, 0) is 6.61 Å². The van der Waals surface area contributed by atoms with Gasteiger partial charge in [-0.1, -0.05) is 0 Å². The van der Waals surface area contributed by atoms with Crippen molar-refractivity contribution >= 4 is 22.9 Å². The number of rotatable bonds is 8. The fraction of sp³-hybridized carbons (Fsp3) is 0.375. The number of nitro groups is 1. The van der Waals surface area contributed by atoms with Gasteiger partial charge in [-0.25, -0.2) is 4.98 Å². The number of nitro benzene ring substituents is 1. The van der Waals surface area contributed by atoms with Gasteiger partial charge in [-0.3, -0.25) is 14.9 Å². The Morgan fingerprint density at radius 1 is 1.42 bits per heavy atom. The van der Waals surface area contributed by atoms with Gasteiger partial charge in [-0.15, -0.1) is 11.3 Å². The maximum absolute atomic E-state index is 12.4. The van der Waals surface area contributed by atoms with Crippen molar-refractivity contribution in [3.05, 3.63) is 44.4 Å². The molecular weight excluding hydrogens is 360 g/mol. The molecule has 0 bridgehead atoms. The van der Waals surface area contributed by atoms with Gasteiger partial charge < -0.3 is 20.5 Å². The van der Waals surface area contributed by atoms with E-state index in [-0.39, 0.29) is 35.9 Å². The molecule has 3 N–H and O–H groups in total. The molecule has 9 nitrogen and oxygen atoms in total. The molecule has 0 aliphatic heterocycles. The van der Waals surface area contributed by atoms with E-state index in [1.807, 2.05) is 0 Å². The van der Waals surface area contributed by atoms with Crippen LogP contribution >= 0.6 is 11.3 Å². The highest BCUT2D eigenvalue weighted by Crippen LogP contribution is 2.35. The van der Waals surface area contributed by atoms with Crippen molar-refractivity contribution in [1.82, 2.24) is 10.3 Å². The number of aromatic nitrogens is 1. The highest BCUT2D eigenvalue weighted by atomic mass is 32.1. The van der Waals surface area contributed by atoms with Crippen molar-refractivity contribution < 1.29 is 19.2 Å². The SMILES string of the molecule is COc1cc(C(=O)NCC(C)(C)N)c([N+](=O)[O-])cc1OCc1cscn1. The molecule has 0 spiro atoms. The summed E-state index contributed by atoms with van der Waals surface area (Å²) in [6.07, 6.45) is 0. The first kappa shape index (κ1) is 19.6. The van der Waals surface area contributed by atoms with Gasteiger partial charge in [0.15, 0.2) is 11.5 Å². The third-order valence-electron chi connectivity index (χ3n) is 3.29. The summed E-state index contributed by atoms with van der Waals surface area (Å²) >= 11 is 1.41. The molecule has 10 heteroatoms. The number of hydrogen-bond donors (Lipinski definition) is 2. The minimum Gasteiger partial charge on any atom is -0.493 e. The number of carbonyl (C=O) groups excluding carboxylic acids is 1. The Kier molecular flexibility index (Phi) is 6.11. The number of benzene rings is 1. The standard InChI is InChI=1S/C16H20N4O5S/c1-16(2,17)8-18-15(21)11-4-13(24-3)14(5-12(11)20(22)23)25-6-10-7-26-9-19-10/h4-5,7,9H,6,8,17H2,1-3H3,(H,18,21). The molecule has 0 aliphatic carbocycles. The first-order valence-electron chi connectivity index (χ1n) is 7.64. The number of carbonyl (C=O) groups is 1. The zero-order valence-electron chi connectivity index (χ0n) is 14.6. The van der Waals surface area contributed by atoms with Crippen LogP contribution in [-0.4, -0.2) is 35.0 Å². The third kappa shape index (κ3) is 5.14. The van der Waals surface area contributed by atoms with Crippen molar-refractivity contribution in [1.29, 1.82) is 0 Å². The van der Waals surface area contributed by atoms with Gasteiger partial charge in [0, 0.05) is 23.5 Å². The van der Waals surface area contributed by atoms with Crippen LogP contribution in [0, 0.1) is 10.1 Å². The Morgan fingerprint density at radius 2 is 2.15 bits per heavy atom. The number of methoxy groups -OCH3 is 1. The van der Waals surface area contributed by atoms with Gasteiger partial charge in [0.2, 0.25) is 0 Å². The molecule has 1 heterocycles. The second kappa shape index (κ2) is 8.11. The van der Waals surface area contributed by atoms with Crippen molar-refractivity contribution in [2.45, 2.75) is 26.0 Å². The number of ether oxygens (including phenoxy) is 2. The van der Waals surface area contributed by atoms with Crippen molar-refractivity contribution in [3.63, 3.8) is 0 Å². The van der Waals surface area contributed by atoms with Crippen LogP contribution in [0.15, 0.2) is 23.0 Å². The van der Waals surface area contributed by atoms with E-state index in [2.05, 4.69) is 10.3 Å². The number of amides is 1. The fourth-order valence-electron chi connectivity index (χ4n) is 2.02. The van der Waals surface area contributed by atoms with Crippen LogP contribution in [0.5, 0.6) is 11.5 Å². The Hall–Kier alpha value is -2.72. The van der Waals surface area contributed by atoms with Gasteiger partial charge in [0.1, 0.15) is 12.2 Å². The van der Waals surface area contributed by atoms with Gasteiger partial charge in [-0.2, -0.15) is 0 Å². The normalized spacial score (nSPS) is 11.1. The minimum absolute atomic E-state index is 0.128. The van der Waals surface area contributed by atoms with Crippen LogP contribution in [0.1, 0.15) is 29.9 Å². The number of hydrogen-bond acceptors (Lipinski definition) is 8. The molecule has 2 aromatic rings. The van der Waals surface area contributed by atoms with E-state index in [1.54, 1.807) is 24.7 Å². The molecule has 0 atom stereocenters. The summed E-state index contributed by atoms with van der Waals surface area (Å²) in [5, 5.41) is 15.8. The Labute approximate surface area is 154 Å². The molecule has 0 unspecified atom stereocenters. The molecular formula is C16H20N4O5S. The average Bonchev–Trinajstić information content (AvgIpc) is 3.09. The predicted octanol–water partition coefficient (Wildman–Crippen LogP) is 2.11. The van der Waals surface area contributed by atoms with Gasteiger partial charge in [-0.05, 0) is 13.8 Å². The van der Waals surface area contributed by atoms with E-state index >= 15 is 0 Å². The van der Waals surface area contributed by atoms with Crippen LogP contribution in [0.3, 0.4) is 0 Å². The van der Waals surface area contributed by atoms with E-state index in [9.17, 15) is 14.9 Å². The highest BCUT2D eigenvalue weighted by molar-refractivity contribution is 7.07. The summed E-state index contributed by atoms with van der Waals surface area (Å²) in [4.78, 5) is 27.2. The number of nitrogens with zero attached hydrogens (tertiary/aromatic N) is 2. The monoisotopic (exact) mass is 380 g/mol. The highest BCUT2D eigenvalue weighted by Gasteiger charge is 2.25. The molecule has 0 radical (unpaired) electrons. The minimum atomic E-state index is -0.648. The molecule has 140 valence electrons. The van der Waals surface area contributed by atoms with Gasteiger partial charge in [0.05, 0.1) is 29.3 Å². The first-order chi connectivity index (χ1) is 12.2. The molecule has 1 aromatic carbocycles. The third-order valence-corrected chi connectivity index (χ3v) is 3.92. The molecule has 0 aliphatic rings. The van der Waals surface area contributed by atoms with E-state index in [4.69, 9.17) is 15.2 Å². The van der Waals surface area contributed by atoms with Crippen molar-refractivity contribution in [2.24, 2.45) is 5.73 Å². The van der Waals surface area contributed by atoms with Crippen LogP contribution < -0.4 is 20.5 Å². The van der Waals surface area contributed by atoms with Crippen molar-refractivity contribution in [3.8, 4) is 11.5 Å². The first-order valence-corrected chi connectivity index (χ1v) is 8.59. The lowest BCUT2D eigenvalue weighted by Gasteiger charge is -2.19. The number of nitrogens with one attached hydrogen (secondary N) is 1. The Morgan fingerprint density at radius 3 is 2.69 bits per heavy atom. The number of nitrogens with two attached hydrogens (primary N) is 1. The molecule has 26 heavy (non-hydrogen) atoms. The lowest BCUT2D eigenvalue weighted by Crippen LogP contribution is -2.45. The predicted molar refractivity (Wildman–Crippen MR) is 96.7 cm³/mol. The summed E-state index contributed by atoms with van der Waals surface area (Å²) in [5.41, 5.74) is 7.01. The Balaban J connectivity index is 2.30. The zero-order chi connectivity index (χ0) is 19.3. The average molecular weight is 380 g/mol. The second-order valence-corrected chi connectivity index (χ2v) is 6.94. The molecule has 1 amide bonds. The van der Waals surface area contributed by atoms with E-state index in [0.29, 0.717) is 5.69 Å². The largest absolute Gasteiger partial charge is 0.493 e. The molecule has 2 rings (SSSR count). The van der Waals surface area contributed by atoms with Gasteiger partial charge >= 0.3 is 0 Å². The maximum Gasteiger partial charge on any atom is 0.286 e. The van der Waals surface area contributed by atoms with E-state index in [0.717, 1.165) is 0 Å². The molecule has 0 fully saturated rings. The molecule has 0 saturated heterocycles. The fourth-order valence-corrected chi connectivity index (χ4v) is 2.56. The smallest absolute Gasteiger partial charge is 0.286 e. The van der Waals surface area contributed by atoms with E-state index in [1.165, 1.54) is 30.6 Å². The lowest BCUT2D eigenvalue weighted by atomic mass is 10.1. The van der Waals surface area contributed by atoms with Gasteiger partial charge in [0.25, 0.3) is 11.6 Å². The van der Waals surface area contributed by atoms with Crippen molar-refractivity contribution in [2.75, 3.05) is 13.7 Å². The maximum atomic E-state index is 12.4. The van der Waals surface area contributed by atoms with Crippen LogP contribution in [0.2, 0.25) is 0 Å². The summed E-state index contributed by atoms with van der Waals surface area (Å²) in [6.45, 7) is 3.76. The summed E-state index contributed by atoms with van der Waals surface area (Å²) in [5.74, 6) is -0.245. The summed E-state index contributed by atoms with van der Waals surface area (Å²) in [6, 6.07) is 2.46.